The Kier molecular flexibility index (Phi) is 5.99. The highest BCUT2D eigenvalue weighted by Gasteiger charge is 2.37. The highest BCUT2D eigenvalue weighted by Crippen LogP contribution is 2.31. The van der Waals surface area contributed by atoms with Crippen molar-refractivity contribution in [3.05, 3.63) is 17.0 Å². The minimum Gasteiger partial charge on any atom is -0.467 e. The molecule has 0 aliphatic carbocycles. The summed E-state index contributed by atoms with van der Waals surface area (Å²) < 4.78 is 50.3. The molecule has 0 N–H and O–H groups in total. The van der Waals surface area contributed by atoms with Crippen molar-refractivity contribution in [3.63, 3.8) is 0 Å². The monoisotopic (exact) mass is 429 g/mol. The third kappa shape index (κ3) is 4.39. The SMILES string of the molecule is COc1nc(OC)nc(N2CCN(C(=O)Cn3nc(C(F)(F)F)c(C)c3C)CC2)n1. The predicted octanol–water partition coefficient (Wildman–Crippen LogP) is 1.07. The lowest BCUT2D eigenvalue weighted by Crippen LogP contribution is -2.50. The molecule has 30 heavy (non-hydrogen) atoms. The van der Waals surface area contributed by atoms with Crippen molar-refractivity contribution >= 4 is 11.9 Å². The molecule has 0 bridgehead atoms. The van der Waals surface area contributed by atoms with Crippen molar-refractivity contribution in [2.24, 2.45) is 0 Å². The first-order chi connectivity index (χ1) is 14.1. The molecule has 0 spiro atoms. The molecule has 1 saturated heterocycles. The Hall–Kier alpha value is -3.12. The summed E-state index contributed by atoms with van der Waals surface area (Å²) in [5, 5.41) is 3.60. The number of hydrogen-bond donors (Lipinski definition) is 0. The average molecular weight is 429 g/mol. The zero-order valence-electron chi connectivity index (χ0n) is 17.0. The van der Waals surface area contributed by atoms with Gasteiger partial charge in [0.1, 0.15) is 6.54 Å². The molecular formula is C17H22F3N7O3. The summed E-state index contributed by atoms with van der Waals surface area (Å²) in [7, 11) is 2.86. The van der Waals surface area contributed by atoms with Gasteiger partial charge in [0.2, 0.25) is 11.9 Å². The third-order valence-electron chi connectivity index (χ3n) is 4.92. The number of amides is 1. The zero-order valence-corrected chi connectivity index (χ0v) is 17.0. The molecule has 1 aliphatic heterocycles. The van der Waals surface area contributed by atoms with Crippen LogP contribution < -0.4 is 14.4 Å². The lowest BCUT2D eigenvalue weighted by Gasteiger charge is -2.34. The van der Waals surface area contributed by atoms with E-state index in [0.717, 1.165) is 4.68 Å². The van der Waals surface area contributed by atoms with Gasteiger partial charge in [-0.1, -0.05) is 0 Å². The van der Waals surface area contributed by atoms with Gasteiger partial charge in [-0.25, -0.2) is 0 Å². The van der Waals surface area contributed by atoms with Gasteiger partial charge >= 0.3 is 18.2 Å². The summed E-state index contributed by atoms with van der Waals surface area (Å²) in [6.45, 7) is 4.21. The highest BCUT2D eigenvalue weighted by molar-refractivity contribution is 5.76. The van der Waals surface area contributed by atoms with Crippen molar-refractivity contribution in [1.29, 1.82) is 0 Å². The van der Waals surface area contributed by atoms with E-state index >= 15 is 0 Å². The number of piperazine rings is 1. The third-order valence-corrected chi connectivity index (χ3v) is 4.92. The van der Waals surface area contributed by atoms with Gasteiger partial charge in [0.25, 0.3) is 0 Å². The van der Waals surface area contributed by atoms with Crippen molar-refractivity contribution in [1.82, 2.24) is 29.6 Å². The van der Waals surface area contributed by atoms with E-state index in [1.807, 2.05) is 4.90 Å². The molecule has 1 amide bonds. The summed E-state index contributed by atoms with van der Waals surface area (Å²) >= 11 is 0. The number of anilines is 1. The average Bonchev–Trinajstić information content (AvgIpc) is 3.02. The molecule has 0 unspecified atom stereocenters. The molecule has 13 heteroatoms. The molecule has 0 radical (unpaired) electrons. The van der Waals surface area contributed by atoms with Crippen molar-refractivity contribution in [3.8, 4) is 12.0 Å². The molecule has 3 heterocycles. The Morgan fingerprint density at radius 2 is 1.57 bits per heavy atom. The van der Waals surface area contributed by atoms with E-state index < -0.39 is 11.9 Å². The van der Waals surface area contributed by atoms with E-state index in [0.29, 0.717) is 37.8 Å². The first kappa shape index (κ1) is 21.6. The van der Waals surface area contributed by atoms with E-state index in [2.05, 4.69) is 20.1 Å². The molecule has 2 aromatic heterocycles. The van der Waals surface area contributed by atoms with Crippen LogP contribution in [0.1, 0.15) is 17.0 Å². The number of rotatable bonds is 5. The quantitative estimate of drug-likeness (QED) is 0.696. The topological polar surface area (TPSA) is 98.5 Å². The molecule has 0 saturated carbocycles. The number of carbonyl (C=O) groups is 1. The van der Waals surface area contributed by atoms with Gasteiger partial charge < -0.3 is 19.3 Å². The van der Waals surface area contributed by atoms with Crippen molar-refractivity contribution in [2.75, 3.05) is 45.3 Å². The second-order valence-corrected chi connectivity index (χ2v) is 6.69. The molecule has 10 nitrogen and oxygen atoms in total. The van der Waals surface area contributed by atoms with E-state index in [1.165, 1.54) is 28.1 Å². The lowest BCUT2D eigenvalue weighted by molar-refractivity contribution is -0.142. The van der Waals surface area contributed by atoms with Gasteiger partial charge in [-0.05, 0) is 13.8 Å². The maximum absolute atomic E-state index is 13.0. The Morgan fingerprint density at radius 1 is 1.00 bits per heavy atom. The molecule has 164 valence electrons. The van der Waals surface area contributed by atoms with Crippen LogP contribution in [0.4, 0.5) is 19.1 Å². The van der Waals surface area contributed by atoms with Crippen LogP contribution in [0.5, 0.6) is 12.0 Å². The highest BCUT2D eigenvalue weighted by atomic mass is 19.4. The van der Waals surface area contributed by atoms with Gasteiger partial charge in [-0.15, -0.1) is 4.98 Å². The second kappa shape index (κ2) is 8.32. The number of aromatic nitrogens is 5. The fraction of sp³-hybridized carbons (Fsp3) is 0.588. The first-order valence-electron chi connectivity index (χ1n) is 9.12. The van der Waals surface area contributed by atoms with Crippen molar-refractivity contribution in [2.45, 2.75) is 26.6 Å². The van der Waals surface area contributed by atoms with E-state index in [9.17, 15) is 18.0 Å². The number of carbonyl (C=O) groups excluding carboxylic acids is 1. The molecule has 1 aliphatic rings. The van der Waals surface area contributed by atoms with Crippen molar-refractivity contribution < 1.29 is 27.4 Å². The van der Waals surface area contributed by atoms with Crippen LogP contribution in [0, 0.1) is 13.8 Å². The van der Waals surface area contributed by atoms with Gasteiger partial charge in [0, 0.05) is 37.4 Å². The van der Waals surface area contributed by atoms with Crippen LogP contribution in [0.3, 0.4) is 0 Å². The van der Waals surface area contributed by atoms with Crippen LogP contribution in [0.25, 0.3) is 0 Å². The lowest BCUT2D eigenvalue weighted by atomic mass is 10.2. The number of methoxy groups -OCH3 is 2. The van der Waals surface area contributed by atoms with Gasteiger partial charge in [0.05, 0.1) is 14.2 Å². The number of alkyl halides is 3. The fourth-order valence-electron chi connectivity index (χ4n) is 3.09. The minimum atomic E-state index is -4.55. The molecule has 2 aromatic rings. The Balaban J connectivity index is 1.65. The predicted molar refractivity (Wildman–Crippen MR) is 98.4 cm³/mol. The zero-order chi connectivity index (χ0) is 22.1. The Bertz CT molecular complexity index is 902. The maximum atomic E-state index is 13.0. The molecule has 0 atom stereocenters. The maximum Gasteiger partial charge on any atom is 0.435 e. The standard InChI is InChI=1S/C17H22F3N7O3/c1-10-11(2)27(24-13(10)17(18,19)20)9-12(28)25-5-7-26(8-6-25)14-21-15(29-3)23-16(22-14)30-4/h5-9H2,1-4H3. The van der Waals surface area contributed by atoms with E-state index in [-0.39, 0.29) is 30.0 Å². The largest absolute Gasteiger partial charge is 0.467 e. The van der Waals surface area contributed by atoms with E-state index in [1.54, 1.807) is 4.90 Å². The fourth-order valence-corrected chi connectivity index (χ4v) is 3.09. The normalized spacial score (nSPS) is 14.8. The first-order valence-corrected chi connectivity index (χ1v) is 9.12. The van der Waals surface area contributed by atoms with Crippen LogP contribution in [0.2, 0.25) is 0 Å². The van der Waals surface area contributed by atoms with Gasteiger partial charge in [-0.2, -0.15) is 28.2 Å². The molecule has 0 aromatic carbocycles. The van der Waals surface area contributed by atoms with Crippen LogP contribution >= 0.6 is 0 Å². The number of ether oxygens (including phenoxy) is 2. The summed E-state index contributed by atoms with van der Waals surface area (Å²) in [6.07, 6.45) is -4.55. The van der Waals surface area contributed by atoms with E-state index in [4.69, 9.17) is 9.47 Å². The number of hydrogen-bond acceptors (Lipinski definition) is 8. The van der Waals surface area contributed by atoms with Gasteiger partial charge in [-0.3, -0.25) is 9.48 Å². The summed E-state index contributed by atoms with van der Waals surface area (Å²) in [5.74, 6) is 0.0546. The molecule has 1 fully saturated rings. The van der Waals surface area contributed by atoms with Crippen LogP contribution in [0.15, 0.2) is 0 Å². The number of halogens is 3. The Labute approximate surface area is 170 Å². The van der Waals surface area contributed by atoms with Crippen LogP contribution in [-0.2, 0) is 17.5 Å². The smallest absolute Gasteiger partial charge is 0.435 e. The summed E-state index contributed by atoms with van der Waals surface area (Å²) in [6, 6.07) is 0.223. The molecule has 3 rings (SSSR count). The number of nitrogens with zero attached hydrogens (tertiary/aromatic N) is 7. The Morgan fingerprint density at radius 3 is 2.03 bits per heavy atom. The second-order valence-electron chi connectivity index (χ2n) is 6.69. The minimum absolute atomic E-state index is 0.0258. The summed E-state index contributed by atoms with van der Waals surface area (Å²) in [4.78, 5) is 28.4. The van der Waals surface area contributed by atoms with Crippen LogP contribution in [-0.4, -0.2) is 75.9 Å². The summed E-state index contributed by atoms with van der Waals surface area (Å²) in [5.41, 5.74) is -0.619. The van der Waals surface area contributed by atoms with Gasteiger partial charge in [0.15, 0.2) is 5.69 Å². The molecular weight excluding hydrogens is 407 g/mol.